The first-order valence-electron chi connectivity index (χ1n) is 7.91. The molecule has 22 heavy (non-hydrogen) atoms. The zero-order chi connectivity index (χ0) is 16.2. The van der Waals surface area contributed by atoms with Gasteiger partial charge in [0.1, 0.15) is 5.54 Å². The summed E-state index contributed by atoms with van der Waals surface area (Å²) in [6.45, 7) is 4.16. The van der Waals surface area contributed by atoms with E-state index in [0.29, 0.717) is 25.2 Å². The minimum absolute atomic E-state index is 0.116. The smallest absolute Gasteiger partial charge is 0.331 e. The van der Waals surface area contributed by atoms with E-state index in [1.807, 2.05) is 31.2 Å². The molecule has 1 aromatic rings. The fourth-order valence-corrected chi connectivity index (χ4v) is 3.12. The summed E-state index contributed by atoms with van der Waals surface area (Å²) < 4.78 is 4.95. The lowest BCUT2D eigenvalue weighted by molar-refractivity contribution is -0.153. The molecule has 0 bridgehead atoms. The fraction of sp³-hybridized carbons (Fsp3) is 0.556. The zero-order valence-electron chi connectivity index (χ0n) is 13.6. The number of ether oxygens (including phenoxy) is 1. The maximum Gasteiger partial charge on any atom is 0.331 e. The van der Waals surface area contributed by atoms with Crippen LogP contribution in [0.5, 0.6) is 0 Å². The van der Waals surface area contributed by atoms with E-state index in [2.05, 4.69) is 12.2 Å². The van der Waals surface area contributed by atoms with Crippen LogP contribution < -0.4 is 5.32 Å². The minimum atomic E-state index is -0.846. The molecular weight excluding hydrogens is 278 g/mol. The van der Waals surface area contributed by atoms with E-state index in [0.717, 1.165) is 24.0 Å². The number of carbonyl (C=O) groups excluding carboxylic acids is 2. The monoisotopic (exact) mass is 303 g/mol. The van der Waals surface area contributed by atoms with Gasteiger partial charge in [0.2, 0.25) is 5.91 Å². The predicted octanol–water partition coefficient (Wildman–Crippen LogP) is 2.78. The third-order valence-electron chi connectivity index (χ3n) is 4.69. The van der Waals surface area contributed by atoms with E-state index in [1.165, 1.54) is 7.11 Å². The second kappa shape index (κ2) is 6.95. The molecule has 0 aromatic heterocycles. The van der Waals surface area contributed by atoms with Crippen molar-refractivity contribution < 1.29 is 14.3 Å². The molecule has 1 amide bonds. The molecule has 1 N–H and O–H groups in total. The van der Waals surface area contributed by atoms with Gasteiger partial charge in [-0.3, -0.25) is 4.79 Å². The Hall–Kier alpha value is -1.84. The first-order valence-corrected chi connectivity index (χ1v) is 7.91. The molecule has 1 saturated carbocycles. The number of aryl methyl sites for hydroxylation is 1. The van der Waals surface area contributed by atoms with Crippen molar-refractivity contribution in [1.29, 1.82) is 0 Å². The van der Waals surface area contributed by atoms with Gasteiger partial charge in [-0.2, -0.15) is 0 Å². The van der Waals surface area contributed by atoms with E-state index in [1.54, 1.807) is 0 Å². The van der Waals surface area contributed by atoms with E-state index in [9.17, 15) is 9.59 Å². The Bertz CT molecular complexity index is 545. The minimum Gasteiger partial charge on any atom is -0.467 e. The van der Waals surface area contributed by atoms with Crippen LogP contribution in [0.1, 0.15) is 43.7 Å². The summed E-state index contributed by atoms with van der Waals surface area (Å²) >= 11 is 0. The molecule has 4 nitrogen and oxygen atoms in total. The van der Waals surface area contributed by atoms with Crippen LogP contribution in [0.3, 0.4) is 0 Å². The number of nitrogens with one attached hydrogen (secondary N) is 1. The molecule has 0 saturated heterocycles. The second-order valence-electron chi connectivity index (χ2n) is 6.41. The summed E-state index contributed by atoms with van der Waals surface area (Å²) in [4.78, 5) is 24.6. The molecule has 1 fully saturated rings. The Kier molecular flexibility index (Phi) is 5.22. The number of hydrogen-bond acceptors (Lipinski definition) is 3. The highest BCUT2D eigenvalue weighted by Crippen LogP contribution is 2.33. The second-order valence-corrected chi connectivity index (χ2v) is 6.41. The molecule has 0 aliphatic heterocycles. The Morgan fingerprint density at radius 3 is 2.50 bits per heavy atom. The van der Waals surface area contributed by atoms with E-state index in [4.69, 9.17) is 4.74 Å². The van der Waals surface area contributed by atoms with Gasteiger partial charge in [0.25, 0.3) is 0 Å². The lowest BCUT2D eigenvalue weighted by atomic mass is 9.77. The molecular formula is C18H25NO3. The average molecular weight is 303 g/mol. The predicted molar refractivity (Wildman–Crippen MR) is 85.4 cm³/mol. The SMILES string of the molecule is COC(=O)C1(NC(=O)Cc2ccccc2C)CCC(C)CC1. The molecule has 0 spiro atoms. The van der Waals surface area contributed by atoms with Crippen molar-refractivity contribution in [3.05, 3.63) is 35.4 Å². The van der Waals surface area contributed by atoms with Crippen LogP contribution in [0.25, 0.3) is 0 Å². The Morgan fingerprint density at radius 2 is 1.91 bits per heavy atom. The summed E-state index contributed by atoms with van der Waals surface area (Å²) in [5.41, 5.74) is 1.23. The largest absolute Gasteiger partial charge is 0.467 e. The van der Waals surface area contributed by atoms with Gasteiger partial charge < -0.3 is 10.1 Å². The third-order valence-corrected chi connectivity index (χ3v) is 4.69. The molecule has 0 unspecified atom stereocenters. The quantitative estimate of drug-likeness (QED) is 0.870. The van der Waals surface area contributed by atoms with Crippen LogP contribution in [0.2, 0.25) is 0 Å². The van der Waals surface area contributed by atoms with Crippen LogP contribution in [0.4, 0.5) is 0 Å². The van der Waals surface area contributed by atoms with Crippen LogP contribution >= 0.6 is 0 Å². The highest BCUT2D eigenvalue weighted by atomic mass is 16.5. The zero-order valence-corrected chi connectivity index (χ0v) is 13.6. The van der Waals surface area contributed by atoms with E-state index in [-0.39, 0.29) is 11.9 Å². The van der Waals surface area contributed by atoms with E-state index >= 15 is 0 Å². The highest BCUT2D eigenvalue weighted by molar-refractivity contribution is 5.89. The van der Waals surface area contributed by atoms with Crippen LogP contribution in [0, 0.1) is 12.8 Å². The summed E-state index contributed by atoms with van der Waals surface area (Å²) in [5, 5.41) is 2.97. The summed E-state index contributed by atoms with van der Waals surface area (Å²) in [6, 6.07) is 7.81. The number of methoxy groups -OCH3 is 1. The first kappa shape index (κ1) is 16.5. The van der Waals surface area contributed by atoms with Crippen molar-refractivity contribution in [2.24, 2.45) is 5.92 Å². The number of carbonyl (C=O) groups is 2. The van der Waals surface area contributed by atoms with Crippen molar-refractivity contribution in [2.75, 3.05) is 7.11 Å². The van der Waals surface area contributed by atoms with Gasteiger partial charge in [0.15, 0.2) is 0 Å². The molecule has 0 heterocycles. The molecule has 2 rings (SSSR count). The van der Waals surface area contributed by atoms with Crippen molar-refractivity contribution in [1.82, 2.24) is 5.32 Å². The molecule has 1 aliphatic rings. The van der Waals surface area contributed by atoms with Crippen molar-refractivity contribution in [2.45, 2.75) is 51.5 Å². The normalized spacial score (nSPS) is 24.6. The van der Waals surface area contributed by atoms with Crippen molar-refractivity contribution in [3.63, 3.8) is 0 Å². The lowest BCUT2D eigenvalue weighted by Crippen LogP contribution is -2.57. The van der Waals surface area contributed by atoms with Crippen molar-refractivity contribution in [3.8, 4) is 0 Å². The summed E-state index contributed by atoms with van der Waals surface area (Å²) in [5.74, 6) is 0.151. The third kappa shape index (κ3) is 3.67. The topological polar surface area (TPSA) is 55.4 Å². The highest BCUT2D eigenvalue weighted by Gasteiger charge is 2.43. The summed E-state index contributed by atoms with van der Waals surface area (Å²) in [7, 11) is 1.38. The lowest BCUT2D eigenvalue weighted by Gasteiger charge is -2.37. The standard InChI is InChI=1S/C18H25NO3/c1-13-8-10-18(11-9-13,17(21)22-3)19-16(20)12-15-7-5-4-6-14(15)2/h4-7,13H,8-12H2,1-3H3,(H,19,20). The fourth-order valence-electron chi connectivity index (χ4n) is 3.12. The molecule has 0 radical (unpaired) electrons. The molecule has 4 heteroatoms. The number of hydrogen-bond donors (Lipinski definition) is 1. The number of benzene rings is 1. The van der Waals surface area contributed by atoms with Gasteiger partial charge in [-0.15, -0.1) is 0 Å². The first-order chi connectivity index (χ1) is 10.5. The number of amides is 1. The van der Waals surface area contributed by atoms with Gasteiger partial charge in [0.05, 0.1) is 13.5 Å². The maximum absolute atomic E-state index is 12.4. The molecule has 120 valence electrons. The van der Waals surface area contributed by atoms with Crippen LogP contribution in [-0.4, -0.2) is 24.5 Å². The maximum atomic E-state index is 12.4. The van der Waals surface area contributed by atoms with Crippen LogP contribution in [0.15, 0.2) is 24.3 Å². The van der Waals surface area contributed by atoms with Crippen LogP contribution in [-0.2, 0) is 20.7 Å². The molecule has 1 aromatic carbocycles. The molecule has 1 aliphatic carbocycles. The molecule has 0 atom stereocenters. The Balaban J connectivity index is 2.09. The number of esters is 1. The van der Waals surface area contributed by atoms with Gasteiger partial charge in [-0.05, 0) is 49.7 Å². The summed E-state index contributed by atoms with van der Waals surface area (Å²) in [6.07, 6.45) is 3.46. The van der Waals surface area contributed by atoms with Gasteiger partial charge in [-0.1, -0.05) is 31.2 Å². The number of rotatable bonds is 4. The van der Waals surface area contributed by atoms with Crippen molar-refractivity contribution >= 4 is 11.9 Å². The Labute approximate surface area is 132 Å². The van der Waals surface area contributed by atoms with Gasteiger partial charge in [0, 0.05) is 0 Å². The van der Waals surface area contributed by atoms with Gasteiger partial charge in [-0.25, -0.2) is 4.79 Å². The van der Waals surface area contributed by atoms with Gasteiger partial charge >= 0.3 is 5.97 Å². The average Bonchev–Trinajstić information content (AvgIpc) is 2.51. The van der Waals surface area contributed by atoms with E-state index < -0.39 is 5.54 Å². The Morgan fingerprint density at radius 1 is 1.27 bits per heavy atom.